The van der Waals surface area contributed by atoms with Gasteiger partial charge in [0.25, 0.3) is 0 Å². The summed E-state index contributed by atoms with van der Waals surface area (Å²) in [6.45, 7) is 1.11. The van der Waals surface area contributed by atoms with E-state index >= 15 is 0 Å². The topological polar surface area (TPSA) is 14.1 Å². The van der Waals surface area contributed by atoms with Crippen LogP contribution in [0.25, 0.3) is 0 Å². The van der Waals surface area contributed by atoms with Gasteiger partial charge in [-0.3, -0.25) is 0 Å². The lowest BCUT2D eigenvalue weighted by molar-refractivity contribution is -0.144. The van der Waals surface area contributed by atoms with Crippen molar-refractivity contribution < 1.29 is 13.2 Å². The molecule has 0 aliphatic rings. The van der Waals surface area contributed by atoms with Crippen LogP contribution < -0.4 is 5.32 Å². The normalized spacial score (nSPS) is 11.0. The monoisotopic (exact) mass is 142 g/mol. The molecule has 0 unspecified atom stereocenters. The maximum atomic E-state index is 11.1. The van der Waals surface area contributed by atoms with Gasteiger partial charge >= 0.3 is 6.30 Å². The van der Waals surface area contributed by atoms with Gasteiger partial charge in [-0.2, -0.15) is 5.32 Å². The first-order chi connectivity index (χ1) is 3.42. The first-order valence-corrected chi connectivity index (χ1v) is 2.13. The van der Waals surface area contributed by atoms with Crippen LogP contribution in [0.3, 0.4) is 0 Å². The molecule has 0 aromatic rings. The molecule has 0 N–H and O–H groups in total. The fraction of sp³-hybridized carbons (Fsp3) is 0.667. The number of nitrogens with zero attached hydrogens (tertiary/aromatic N) is 1. The van der Waals surface area contributed by atoms with Gasteiger partial charge in [0.15, 0.2) is 0 Å². The second kappa shape index (κ2) is 2.30. The first-order valence-electron chi connectivity index (χ1n) is 1.72. The van der Waals surface area contributed by atoms with E-state index in [0.29, 0.717) is 0 Å². The minimum Gasteiger partial charge on any atom is -0.178 e. The molecule has 5 heteroatoms. The van der Waals surface area contributed by atoms with Gasteiger partial charge in [0.1, 0.15) is 4.99 Å². The predicted octanol–water partition coefficient (Wildman–Crippen LogP) is 1.46. The summed E-state index contributed by atoms with van der Waals surface area (Å²) in [5, 5.41) is 2.14. The van der Waals surface area contributed by atoms with Crippen molar-refractivity contribution in [3.8, 4) is 0 Å². The van der Waals surface area contributed by atoms with Crippen LogP contribution in [0.1, 0.15) is 6.92 Å². The lowest BCUT2D eigenvalue weighted by Crippen LogP contribution is -2.26. The standard InChI is InChI=1S/C3H3F3NS/c1-2(8)7-3(4,5)6/h1H3. The van der Waals surface area contributed by atoms with Crippen molar-refractivity contribution in [1.82, 2.24) is 5.32 Å². The molecule has 0 fully saturated rings. The number of hydrogen-bond acceptors (Lipinski definition) is 1. The number of halogens is 3. The highest BCUT2D eigenvalue weighted by Gasteiger charge is 2.29. The van der Waals surface area contributed by atoms with Gasteiger partial charge in [-0.25, -0.2) is 0 Å². The SMILES string of the molecule is CC(=S)[N]C(F)(F)F. The summed E-state index contributed by atoms with van der Waals surface area (Å²) in [7, 11) is 0. The van der Waals surface area contributed by atoms with Crippen LogP contribution in [0.4, 0.5) is 13.2 Å². The third-order valence-electron chi connectivity index (χ3n) is 0.284. The van der Waals surface area contributed by atoms with E-state index in [4.69, 9.17) is 0 Å². The van der Waals surface area contributed by atoms with Crippen molar-refractivity contribution in [3.05, 3.63) is 0 Å². The zero-order chi connectivity index (χ0) is 6.78. The zero-order valence-electron chi connectivity index (χ0n) is 3.99. The fourth-order valence-electron chi connectivity index (χ4n) is 0.179. The van der Waals surface area contributed by atoms with Crippen molar-refractivity contribution >= 4 is 17.2 Å². The highest BCUT2D eigenvalue weighted by atomic mass is 32.1. The maximum Gasteiger partial charge on any atom is 0.504 e. The van der Waals surface area contributed by atoms with Crippen LogP contribution in [-0.2, 0) is 0 Å². The molecule has 0 saturated carbocycles. The lowest BCUT2D eigenvalue weighted by atomic mass is 10.7. The fourth-order valence-corrected chi connectivity index (χ4v) is 0.282. The van der Waals surface area contributed by atoms with Crippen molar-refractivity contribution in [2.75, 3.05) is 0 Å². The predicted molar refractivity (Wildman–Crippen MR) is 26.5 cm³/mol. The van der Waals surface area contributed by atoms with Gasteiger partial charge in [-0.15, -0.1) is 13.2 Å². The molecule has 0 aromatic heterocycles. The van der Waals surface area contributed by atoms with Crippen molar-refractivity contribution in [2.24, 2.45) is 0 Å². The Morgan fingerprint density at radius 2 is 1.88 bits per heavy atom. The molecule has 0 aromatic carbocycles. The van der Waals surface area contributed by atoms with Gasteiger partial charge in [-0.1, -0.05) is 12.2 Å². The van der Waals surface area contributed by atoms with E-state index in [1.165, 1.54) is 0 Å². The number of rotatable bonds is 0. The van der Waals surface area contributed by atoms with E-state index < -0.39 is 11.3 Å². The van der Waals surface area contributed by atoms with Gasteiger partial charge in [0.05, 0.1) is 0 Å². The van der Waals surface area contributed by atoms with Crippen LogP contribution >= 0.6 is 12.2 Å². The second-order valence-corrected chi connectivity index (χ2v) is 1.69. The minimum atomic E-state index is -4.49. The molecule has 0 bridgehead atoms. The summed E-state index contributed by atoms with van der Waals surface area (Å²) < 4.78 is 33.2. The van der Waals surface area contributed by atoms with Gasteiger partial charge in [0, 0.05) is 0 Å². The number of thiocarbonyl (C=S) groups is 1. The molecule has 0 aliphatic carbocycles. The molecule has 0 aliphatic heterocycles. The summed E-state index contributed by atoms with van der Waals surface area (Å²) in [6, 6.07) is 0. The number of hydrogen-bond donors (Lipinski definition) is 0. The Morgan fingerprint density at radius 3 is 1.88 bits per heavy atom. The molecule has 0 amide bonds. The van der Waals surface area contributed by atoms with Gasteiger partial charge in [0.2, 0.25) is 0 Å². The largest absolute Gasteiger partial charge is 0.504 e. The third kappa shape index (κ3) is 5.68. The Morgan fingerprint density at radius 1 is 1.50 bits per heavy atom. The molecule has 8 heavy (non-hydrogen) atoms. The first kappa shape index (κ1) is 7.68. The van der Waals surface area contributed by atoms with Crippen molar-refractivity contribution in [2.45, 2.75) is 13.2 Å². The average Bonchev–Trinajstić information content (AvgIpc) is 1.21. The molecule has 1 radical (unpaired) electrons. The smallest absolute Gasteiger partial charge is 0.178 e. The van der Waals surface area contributed by atoms with E-state index in [1.807, 2.05) is 0 Å². The van der Waals surface area contributed by atoms with Crippen LogP contribution in [0.15, 0.2) is 0 Å². The van der Waals surface area contributed by atoms with E-state index in [2.05, 4.69) is 17.5 Å². The Kier molecular flexibility index (Phi) is 2.21. The Bertz CT molecular complexity index is 97.2. The summed E-state index contributed by atoms with van der Waals surface area (Å²) in [4.78, 5) is -0.391. The molecule has 0 atom stereocenters. The molecular formula is C3H3F3NS. The van der Waals surface area contributed by atoms with Gasteiger partial charge < -0.3 is 0 Å². The molecular weight excluding hydrogens is 139 g/mol. The molecule has 47 valence electrons. The lowest BCUT2D eigenvalue weighted by Gasteiger charge is -2.01. The zero-order valence-corrected chi connectivity index (χ0v) is 4.81. The Labute approximate surface area is 49.9 Å². The minimum absolute atomic E-state index is 0.391. The van der Waals surface area contributed by atoms with Crippen molar-refractivity contribution in [3.63, 3.8) is 0 Å². The van der Waals surface area contributed by atoms with Crippen LogP contribution in [0.5, 0.6) is 0 Å². The van der Waals surface area contributed by atoms with E-state index in [1.54, 1.807) is 0 Å². The second-order valence-electron chi connectivity index (χ2n) is 1.10. The van der Waals surface area contributed by atoms with Crippen LogP contribution in [0.2, 0.25) is 0 Å². The highest BCUT2D eigenvalue weighted by Crippen LogP contribution is 2.10. The van der Waals surface area contributed by atoms with E-state index in [-0.39, 0.29) is 0 Å². The highest BCUT2D eigenvalue weighted by molar-refractivity contribution is 7.80. The molecule has 0 spiro atoms. The number of alkyl halides is 3. The van der Waals surface area contributed by atoms with Crippen LogP contribution in [-0.4, -0.2) is 11.3 Å². The third-order valence-corrected chi connectivity index (χ3v) is 0.376. The van der Waals surface area contributed by atoms with Gasteiger partial charge in [-0.05, 0) is 6.92 Å². The van der Waals surface area contributed by atoms with Crippen molar-refractivity contribution in [1.29, 1.82) is 0 Å². The van der Waals surface area contributed by atoms with Crippen LogP contribution in [0, 0.1) is 0 Å². The maximum absolute atomic E-state index is 11.1. The Balaban J connectivity index is 3.55. The average molecular weight is 142 g/mol. The molecule has 0 saturated heterocycles. The molecule has 1 nitrogen and oxygen atoms in total. The summed E-state index contributed by atoms with van der Waals surface area (Å²) in [5.74, 6) is 0. The van der Waals surface area contributed by atoms with E-state index in [0.717, 1.165) is 6.92 Å². The van der Waals surface area contributed by atoms with E-state index in [9.17, 15) is 13.2 Å². The molecule has 0 heterocycles. The summed E-state index contributed by atoms with van der Waals surface area (Å²) in [6.07, 6.45) is -4.49. The summed E-state index contributed by atoms with van der Waals surface area (Å²) >= 11 is 4.06. The molecule has 0 rings (SSSR count). The quantitative estimate of drug-likeness (QED) is 0.369. The summed E-state index contributed by atoms with van der Waals surface area (Å²) in [5.41, 5.74) is 0. The Hall–Kier alpha value is -0.320.